The zero-order chi connectivity index (χ0) is 13.8. The largest absolute Gasteiger partial charge is 0.311 e. The molecule has 0 aromatic carbocycles. The van der Waals surface area contributed by atoms with Crippen LogP contribution >= 0.6 is 27.3 Å². The van der Waals surface area contributed by atoms with E-state index in [0.717, 1.165) is 25.9 Å². The van der Waals surface area contributed by atoms with Crippen LogP contribution in [0.1, 0.15) is 42.0 Å². The van der Waals surface area contributed by atoms with Gasteiger partial charge in [-0.3, -0.25) is 0 Å². The number of thiophene rings is 1. The molecule has 0 radical (unpaired) electrons. The third-order valence-electron chi connectivity index (χ3n) is 3.66. The summed E-state index contributed by atoms with van der Waals surface area (Å²) < 4.78 is 1.22. The highest BCUT2D eigenvalue weighted by molar-refractivity contribution is 9.10. The molecule has 1 N–H and O–H groups in total. The standard InChI is InChI=1S/C14H21BrN2S/c1-5-14(6-2,8-16)9-17-7-12-10(3)18-11(4)13(12)15/h17H,5-7,9H2,1-4H3. The van der Waals surface area contributed by atoms with Gasteiger partial charge in [0.15, 0.2) is 0 Å². The van der Waals surface area contributed by atoms with Crippen molar-refractivity contribution in [2.24, 2.45) is 5.41 Å². The van der Waals surface area contributed by atoms with Crippen molar-refractivity contribution in [3.8, 4) is 6.07 Å². The van der Waals surface area contributed by atoms with Gasteiger partial charge in [-0.1, -0.05) is 13.8 Å². The highest BCUT2D eigenvalue weighted by Crippen LogP contribution is 2.32. The van der Waals surface area contributed by atoms with Gasteiger partial charge in [-0.25, -0.2) is 0 Å². The van der Waals surface area contributed by atoms with Crippen LogP contribution in [-0.4, -0.2) is 6.54 Å². The smallest absolute Gasteiger partial charge is 0.0702 e. The van der Waals surface area contributed by atoms with Crippen LogP contribution in [0.4, 0.5) is 0 Å². The second-order valence-electron chi connectivity index (χ2n) is 4.71. The first-order chi connectivity index (χ1) is 8.49. The summed E-state index contributed by atoms with van der Waals surface area (Å²) in [5, 5.41) is 12.7. The second-order valence-corrected chi connectivity index (χ2v) is 6.93. The summed E-state index contributed by atoms with van der Waals surface area (Å²) in [6, 6.07) is 2.46. The van der Waals surface area contributed by atoms with E-state index in [1.54, 1.807) is 0 Å². The fourth-order valence-electron chi connectivity index (χ4n) is 2.03. The average Bonchev–Trinajstić information content (AvgIpc) is 2.61. The Kier molecular flexibility index (Phi) is 5.84. The lowest BCUT2D eigenvalue weighted by Crippen LogP contribution is -2.32. The lowest BCUT2D eigenvalue weighted by Gasteiger charge is -2.23. The number of rotatable bonds is 6. The average molecular weight is 329 g/mol. The van der Waals surface area contributed by atoms with E-state index in [1.165, 1.54) is 19.8 Å². The van der Waals surface area contributed by atoms with Gasteiger partial charge in [0, 0.05) is 27.3 Å². The molecule has 2 nitrogen and oxygen atoms in total. The number of halogens is 1. The van der Waals surface area contributed by atoms with Crippen molar-refractivity contribution in [3.05, 3.63) is 19.8 Å². The van der Waals surface area contributed by atoms with Crippen molar-refractivity contribution in [1.82, 2.24) is 5.32 Å². The Labute approximate surface area is 123 Å². The molecule has 18 heavy (non-hydrogen) atoms. The first kappa shape index (κ1) is 15.7. The molecule has 0 aliphatic carbocycles. The molecule has 0 unspecified atom stereocenters. The van der Waals surface area contributed by atoms with Crippen molar-refractivity contribution < 1.29 is 0 Å². The fraction of sp³-hybridized carbons (Fsp3) is 0.643. The minimum atomic E-state index is -0.217. The first-order valence-corrected chi connectivity index (χ1v) is 7.97. The Morgan fingerprint density at radius 2 is 1.89 bits per heavy atom. The van der Waals surface area contributed by atoms with E-state index >= 15 is 0 Å². The topological polar surface area (TPSA) is 35.8 Å². The molecule has 1 aromatic rings. The minimum absolute atomic E-state index is 0.217. The van der Waals surface area contributed by atoms with Gasteiger partial charge in [-0.2, -0.15) is 5.26 Å². The van der Waals surface area contributed by atoms with Gasteiger partial charge in [0.1, 0.15) is 0 Å². The van der Waals surface area contributed by atoms with Crippen LogP contribution in [0, 0.1) is 30.6 Å². The zero-order valence-corrected chi connectivity index (χ0v) is 14.0. The van der Waals surface area contributed by atoms with Crippen LogP contribution in [0.2, 0.25) is 0 Å². The Bertz CT molecular complexity index is 441. The number of hydrogen-bond donors (Lipinski definition) is 1. The maximum absolute atomic E-state index is 9.29. The van der Waals surface area contributed by atoms with Gasteiger partial charge < -0.3 is 5.32 Å². The van der Waals surface area contributed by atoms with Gasteiger partial charge in [-0.15, -0.1) is 11.3 Å². The summed E-state index contributed by atoms with van der Waals surface area (Å²) in [6.07, 6.45) is 1.80. The van der Waals surface area contributed by atoms with Crippen LogP contribution < -0.4 is 5.32 Å². The molecule has 0 saturated heterocycles. The maximum Gasteiger partial charge on any atom is 0.0702 e. The van der Waals surface area contributed by atoms with Crippen molar-refractivity contribution in [3.63, 3.8) is 0 Å². The van der Waals surface area contributed by atoms with E-state index in [0.29, 0.717) is 0 Å². The normalized spacial score (nSPS) is 11.6. The van der Waals surface area contributed by atoms with E-state index in [1.807, 2.05) is 11.3 Å². The van der Waals surface area contributed by atoms with E-state index in [4.69, 9.17) is 0 Å². The van der Waals surface area contributed by atoms with Crippen molar-refractivity contribution >= 4 is 27.3 Å². The predicted molar refractivity (Wildman–Crippen MR) is 81.8 cm³/mol. The van der Waals surface area contributed by atoms with Gasteiger partial charge in [0.2, 0.25) is 0 Å². The van der Waals surface area contributed by atoms with E-state index in [-0.39, 0.29) is 5.41 Å². The lowest BCUT2D eigenvalue weighted by molar-refractivity contribution is 0.341. The predicted octanol–water partition coefficient (Wildman–Crippen LogP) is 4.55. The van der Waals surface area contributed by atoms with Crippen LogP contribution in [0.15, 0.2) is 4.47 Å². The van der Waals surface area contributed by atoms with Gasteiger partial charge in [0.05, 0.1) is 11.5 Å². The molecular weight excluding hydrogens is 308 g/mol. The van der Waals surface area contributed by atoms with Crippen LogP contribution in [0.5, 0.6) is 0 Å². The molecule has 0 fully saturated rings. The van der Waals surface area contributed by atoms with Crippen molar-refractivity contribution in [2.75, 3.05) is 6.54 Å². The number of nitrogens with zero attached hydrogens (tertiary/aromatic N) is 1. The Morgan fingerprint density at radius 3 is 2.28 bits per heavy atom. The van der Waals surface area contributed by atoms with E-state index in [9.17, 15) is 5.26 Å². The lowest BCUT2D eigenvalue weighted by atomic mass is 9.84. The Morgan fingerprint density at radius 1 is 1.28 bits per heavy atom. The third-order valence-corrected chi connectivity index (χ3v) is 6.06. The quantitative estimate of drug-likeness (QED) is 0.831. The van der Waals surface area contributed by atoms with Gasteiger partial charge in [0.25, 0.3) is 0 Å². The molecule has 0 spiro atoms. The summed E-state index contributed by atoms with van der Waals surface area (Å²) in [5.74, 6) is 0. The molecule has 1 heterocycles. The molecule has 0 amide bonds. The van der Waals surface area contributed by atoms with E-state index in [2.05, 4.69) is 55.0 Å². The SMILES string of the molecule is CCC(C#N)(CC)CNCc1c(C)sc(C)c1Br. The number of hydrogen-bond acceptors (Lipinski definition) is 3. The van der Waals surface area contributed by atoms with Crippen LogP contribution in [-0.2, 0) is 6.54 Å². The number of nitriles is 1. The highest BCUT2D eigenvalue weighted by Gasteiger charge is 2.25. The first-order valence-electron chi connectivity index (χ1n) is 6.36. The van der Waals surface area contributed by atoms with Crippen LogP contribution in [0.25, 0.3) is 0 Å². The molecule has 0 bridgehead atoms. The molecule has 100 valence electrons. The van der Waals surface area contributed by atoms with Crippen LogP contribution in [0.3, 0.4) is 0 Å². The highest BCUT2D eigenvalue weighted by atomic mass is 79.9. The zero-order valence-electron chi connectivity index (χ0n) is 11.6. The summed E-state index contributed by atoms with van der Waals surface area (Å²) in [6.45, 7) is 10.0. The summed E-state index contributed by atoms with van der Waals surface area (Å²) in [7, 11) is 0. The Balaban J connectivity index is 2.64. The van der Waals surface area contributed by atoms with Gasteiger partial charge in [-0.05, 0) is 48.2 Å². The molecular formula is C14H21BrN2S. The third kappa shape index (κ3) is 3.34. The molecule has 0 aliphatic rings. The molecule has 1 aromatic heterocycles. The number of nitrogens with one attached hydrogen (secondary N) is 1. The van der Waals surface area contributed by atoms with Gasteiger partial charge >= 0.3 is 0 Å². The van der Waals surface area contributed by atoms with E-state index < -0.39 is 0 Å². The fourth-order valence-corrected chi connectivity index (χ4v) is 3.81. The maximum atomic E-state index is 9.29. The molecule has 0 saturated carbocycles. The van der Waals surface area contributed by atoms with Crippen molar-refractivity contribution in [1.29, 1.82) is 5.26 Å². The Hall–Kier alpha value is -0.370. The molecule has 1 rings (SSSR count). The molecule has 4 heteroatoms. The second kappa shape index (κ2) is 6.70. The summed E-state index contributed by atoms with van der Waals surface area (Å²) >= 11 is 5.46. The molecule has 0 atom stereocenters. The molecule has 0 aliphatic heterocycles. The summed E-state index contributed by atoms with van der Waals surface area (Å²) in [4.78, 5) is 2.67. The monoisotopic (exact) mass is 328 g/mol. The minimum Gasteiger partial charge on any atom is -0.311 e. The van der Waals surface area contributed by atoms with Crippen molar-refractivity contribution in [2.45, 2.75) is 47.1 Å². The number of aryl methyl sites for hydroxylation is 2. The summed E-state index contributed by atoms with van der Waals surface area (Å²) in [5.41, 5.74) is 1.11.